The van der Waals surface area contributed by atoms with E-state index in [1.165, 1.54) is 56.3 Å². The molecule has 2 N–H and O–H groups in total. The molecule has 0 saturated carbocycles. The maximum Gasteiger partial charge on any atom is 0.0410 e. The lowest BCUT2D eigenvalue weighted by Crippen LogP contribution is -2.18. The molecule has 0 aromatic heterocycles. The predicted octanol–water partition coefficient (Wildman–Crippen LogP) is 7.84. The number of unbranched alkanes of at least 4 members (excludes halogenated alkanes) is 6. The Morgan fingerprint density at radius 3 is 1.38 bits per heavy atom. The topological polar surface area (TPSA) is 29.3 Å². The highest BCUT2D eigenvalue weighted by Gasteiger charge is 2.07. The van der Waals surface area contributed by atoms with Crippen LogP contribution in [0.15, 0.2) is 91.0 Å². The molecule has 0 bridgehead atoms. The van der Waals surface area contributed by atoms with Crippen LogP contribution >= 0.6 is 0 Å². The van der Waals surface area contributed by atoms with Gasteiger partial charge in [-0.2, -0.15) is 0 Å². The summed E-state index contributed by atoms with van der Waals surface area (Å²) in [6.07, 6.45) is 9.48. The van der Waals surface area contributed by atoms with Gasteiger partial charge in [0, 0.05) is 23.6 Å². The lowest BCUT2D eigenvalue weighted by atomic mass is 10.1. The maximum absolute atomic E-state index is 5.36. The van der Waals surface area contributed by atoms with Crippen LogP contribution in [0.2, 0.25) is 0 Å². The molecule has 0 atom stereocenters. The number of para-hydroxylation sites is 3. The van der Waals surface area contributed by atoms with Gasteiger partial charge in [0.25, 0.3) is 0 Å². The van der Waals surface area contributed by atoms with Crippen LogP contribution in [0.25, 0.3) is 0 Å². The van der Waals surface area contributed by atoms with E-state index in [0.29, 0.717) is 0 Å². The molecule has 0 aliphatic carbocycles. The summed E-state index contributed by atoms with van der Waals surface area (Å²) >= 11 is 0. The van der Waals surface area contributed by atoms with Crippen LogP contribution in [-0.2, 0) is 0 Å². The summed E-state index contributed by atoms with van der Waals surface area (Å²) in [5.41, 5.74) is 8.76. The average Bonchev–Trinajstić information content (AvgIpc) is 2.78. The smallest absolute Gasteiger partial charge is 0.0410 e. The largest absolute Gasteiger partial charge is 0.399 e. The Hall–Kier alpha value is -2.74. The minimum atomic E-state index is 0.822. The van der Waals surface area contributed by atoms with E-state index < -0.39 is 0 Å². The molecule has 0 aliphatic heterocycles. The standard InChI is InChI=1S/C21H29N.C6H7N/c1-2-3-4-5-6-7-14-19-22(20-15-10-8-11-16-20)21-17-12-9-13-18-21;7-6-4-2-1-3-5-6/h8-13,15-18H,2-7,14,19H2,1H3;1-5H,7H2. The minimum Gasteiger partial charge on any atom is -0.399 e. The highest BCUT2D eigenvalue weighted by Crippen LogP contribution is 2.25. The lowest BCUT2D eigenvalue weighted by molar-refractivity contribution is 0.591. The summed E-state index contributed by atoms with van der Waals surface area (Å²) < 4.78 is 0. The second kappa shape index (κ2) is 14.3. The Morgan fingerprint density at radius 1 is 0.552 bits per heavy atom. The van der Waals surface area contributed by atoms with Crippen molar-refractivity contribution in [1.29, 1.82) is 0 Å². The monoisotopic (exact) mass is 388 g/mol. The van der Waals surface area contributed by atoms with Gasteiger partial charge in [-0.25, -0.2) is 0 Å². The molecule has 2 heteroatoms. The first-order chi connectivity index (χ1) is 14.3. The molecule has 2 nitrogen and oxygen atoms in total. The Morgan fingerprint density at radius 2 is 0.966 bits per heavy atom. The summed E-state index contributed by atoms with van der Waals surface area (Å²) in [6.45, 7) is 3.37. The first-order valence-electron chi connectivity index (χ1n) is 11.0. The second-order valence-corrected chi connectivity index (χ2v) is 7.35. The molecule has 0 heterocycles. The van der Waals surface area contributed by atoms with Gasteiger partial charge in [0.1, 0.15) is 0 Å². The zero-order chi connectivity index (χ0) is 20.6. The quantitative estimate of drug-likeness (QED) is 0.283. The SMILES string of the molecule is CCCCCCCCCN(c1ccccc1)c1ccccc1.Nc1ccccc1. The number of nitrogens with two attached hydrogens (primary N) is 1. The first kappa shape index (κ1) is 22.5. The maximum atomic E-state index is 5.36. The minimum absolute atomic E-state index is 0.822. The van der Waals surface area contributed by atoms with Crippen LogP contribution in [0.1, 0.15) is 51.9 Å². The molecule has 0 saturated heterocycles. The Balaban J connectivity index is 0.000000360. The van der Waals surface area contributed by atoms with E-state index in [2.05, 4.69) is 72.5 Å². The van der Waals surface area contributed by atoms with Gasteiger partial charge in [-0.3, -0.25) is 0 Å². The molecular formula is C27H36N2. The Labute approximate surface area is 177 Å². The number of anilines is 3. The predicted molar refractivity (Wildman–Crippen MR) is 129 cm³/mol. The van der Waals surface area contributed by atoms with E-state index in [1.54, 1.807) is 0 Å². The summed E-state index contributed by atoms with van der Waals surface area (Å²) in [5, 5.41) is 0. The molecule has 3 aromatic carbocycles. The van der Waals surface area contributed by atoms with E-state index in [-0.39, 0.29) is 0 Å². The molecule has 0 amide bonds. The molecule has 3 aromatic rings. The van der Waals surface area contributed by atoms with E-state index >= 15 is 0 Å². The number of nitrogen functional groups attached to an aromatic ring is 1. The summed E-state index contributed by atoms with van der Waals surface area (Å²) in [7, 11) is 0. The van der Waals surface area contributed by atoms with Gasteiger partial charge in [-0.1, -0.05) is 100 Å². The molecule has 3 rings (SSSR count). The normalized spacial score (nSPS) is 10.1. The zero-order valence-corrected chi connectivity index (χ0v) is 17.8. The third kappa shape index (κ3) is 9.34. The van der Waals surface area contributed by atoms with Crippen molar-refractivity contribution in [2.75, 3.05) is 17.2 Å². The first-order valence-corrected chi connectivity index (χ1v) is 11.0. The van der Waals surface area contributed by atoms with Crippen molar-refractivity contribution in [3.05, 3.63) is 91.0 Å². The molecule has 0 aliphatic rings. The van der Waals surface area contributed by atoms with Crippen LogP contribution in [-0.4, -0.2) is 6.54 Å². The molecule has 0 spiro atoms. The number of rotatable bonds is 10. The lowest BCUT2D eigenvalue weighted by Gasteiger charge is -2.25. The third-order valence-corrected chi connectivity index (χ3v) is 4.92. The van der Waals surface area contributed by atoms with Crippen molar-refractivity contribution in [1.82, 2.24) is 0 Å². The Bertz CT molecular complexity index is 702. The molecule has 0 unspecified atom stereocenters. The van der Waals surface area contributed by atoms with Gasteiger partial charge in [-0.15, -0.1) is 0 Å². The van der Waals surface area contributed by atoms with E-state index in [4.69, 9.17) is 5.73 Å². The van der Waals surface area contributed by atoms with Crippen molar-refractivity contribution in [2.24, 2.45) is 0 Å². The number of benzene rings is 3. The van der Waals surface area contributed by atoms with Gasteiger partial charge in [0.2, 0.25) is 0 Å². The molecule has 0 radical (unpaired) electrons. The third-order valence-electron chi connectivity index (χ3n) is 4.92. The second-order valence-electron chi connectivity index (χ2n) is 7.35. The van der Waals surface area contributed by atoms with Gasteiger partial charge >= 0.3 is 0 Å². The van der Waals surface area contributed by atoms with Crippen molar-refractivity contribution in [2.45, 2.75) is 51.9 Å². The van der Waals surface area contributed by atoms with E-state index in [9.17, 15) is 0 Å². The van der Waals surface area contributed by atoms with Crippen LogP contribution in [0, 0.1) is 0 Å². The Kier molecular flexibility index (Phi) is 11.1. The fraction of sp³-hybridized carbons (Fsp3) is 0.333. The van der Waals surface area contributed by atoms with Crippen molar-refractivity contribution < 1.29 is 0 Å². The van der Waals surface area contributed by atoms with E-state index in [0.717, 1.165) is 12.2 Å². The number of hydrogen-bond acceptors (Lipinski definition) is 2. The van der Waals surface area contributed by atoms with Crippen LogP contribution in [0.5, 0.6) is 0 Å². The summed E-state index contributed by atoms with van der Waals surface area (Å²) in [4.78, 5) is 2.44. The fourth-order valence-electron chi connectivity index (χ4n) is 3.30. The average molecular weight is 389 g/mol. The highest BCUT2D eigenvalue weighted by atomic mass is 15.1. The van der Waals surface area contributed by atoms with Gasteiger partial charge < -0.3 is 10.6 Å². The van der Waals surface area contributed by atoms with Gasteiger partial charge in [0.15, 0.2) is 0 Å². The van der Waals surface area contributed by atoms with E-state index in [1.807, 2.05) is 30.3 Å². The van der Waals surface area contributed by atoms with Crippen molar-refractivity contribution >= 4 is 17.1 Å². The van der Waals surface area contributed by atoms with Crippen molar-refractivity contribution in [3.63, 3.8) is 0 Å². The van der Waals surface area contributed by atoms with Crippen LogP contribution < -0.4 is 10.6 Å². The number of nitrogens with zero attached hydrogens (tertiary/aromatic N) is 1. The zero-order valence-electron chi connectivity index (χ0n) is 17.8. The van der Waals surface area contributed by atoms with Crippen LogP contribution in [0.4, 0.5) is 17.1 Å². The highest BCUT2D eigenvalue weighted by molar-refractivity contribution is 5.62. The van der Waals surface area contributed by atoms with Crippen LogP contribution in [0.3, 0.4) is 0 Å². The summed E-state index contributed by atoms with van der Waals surface area (Å²) in [5.74, 6) is 0. The van der Waals surface area contributed by atoms with Crippen molar-refractivity contribution in [3.8, 4) is 0 Å². The fourth-order valence-corrected chi connectivity index (χ4v) is 3.30. The summed E-state index contributed by atoms with van der Waals surface area (Å²) in [6, 6.07) is 30.9. The molecular weight excluding hydrogens is 352 g/mol. The molecule has 0 fully saturated rings. The van der Waals surface area contributed by atoms with Gasteiger partial charge in [-0.05, 0) is 42.8 Å². The number of hydrogen-bond donors (Lipinski definition) is 1. The molecule has 29 heavy (non-hydrogen) atoms. The van der Waals surface area contributed by atoms with Gasteiger partial charge in [0.05, 0.1) is 0 Å². The molecule has 154 valence electrons.